The third-order valence-corrected chi connectivity index (χ3v) is 5.50. The Morgan fingerprint density at radius 1 is 0.969 bits per heavy atom. The maximum Gasteiger partial charge on any atom is 0.271 e. The molecule has 162 valence electrons. The van der Waals surface area contributed by atoms with Gasteiger partial charge in [0, 0.05) is 50.3 Å². The van der Waals surface area contributed by atoms with Crippen molar-refractivity contribution >= 4 is 56.6 Å². The Hall–Kier alpha value is -3.64. The number of hydrogen-bond donors (Lipinski definition) is 2. The van der Waals surface area contributed by atoms with Crippen LogP contribution in [0.1, 0.15) is 30.6 Å². The first kappa shape index (κ1) is 21.6. The highest BCUT2D eigenvalue weighted by Gasteiger charge is 2.11. The van der Waals surface area contributed by atoms with Crippen molar-refractivity contribution in [2.75, 3.05) is 5.32 Å². The van der Waals surface area contributed by atoms with Crippen molar-refractivity contribution in [2.45, 2.75) is 26.8 Å². The minimum Gasteiger partial charge on any atom is -0.341 e. The molecule has 2 amide bonds. The van der Waals surface area contributed by atoms with Gasteiger partial charge in [0.15, 0.2) is 0 Å². The van der Waals surface area contributed by atoms with E-state index >= 15 is 0 Å². The summed E-state index contributed by atoms with van der Waals surface area (Å²) in [5.74, 6) is -0.565. The zero-order chi connectivity index (χ0) is 22.7. The molecule has 0 unspecified atom stereocenters. The van der Waals surface area contributed by atoms with Gasteiger partial charge >= 0.3 is 0 Å². The van der Waals surface area contributed by atoms with Crippen LogP contribution in [-0.2, 0) is 11.3 Å². The Labute approximate surface area is 190 Å². The lowest BCUT2D eigenvalue weighted by Crippen LogP contribution is -2.21. The number of aromatic nitrogens is 1. The molecule has 0 fully saturated rings. The second-order valence-corrected chi connectivity index (χ2v) is 7.95. The number of rotatable bonds is 6. The first-order chi connectivity index (χ1) is 15.5. The van der Waals surface area contributed by atoms with Gasteiger partial charge in [-0.1, -0.05) is 29.8 Å². The highest BCUT2D eigenvalue weighted by atomic mass is 35.5. The smallest absolute Gasteiger partial charge is 0.271 e. The third-order valence-electron chi connectivity index (χ3n) is 5.24. The van der Waals surface area contributed by atoms with Crippen LogP contribution in [-0.4, -0.2) is 22.1 Å². The molecule has 4 aromatic rings. The summed E-state index contributed by atoms with van der Waals surface area (Å²) in [6, 6.07) is 20.7. The van der Waals surface area contributed by atoms with Crippen LogP contribution in [0.5, 0.6) is 0 Å². The number of carbonyl (C=O) groups is 2. The first-order valence-electron chi connectivity index (χ1n) is 10.4. The summed E-state index contributed by atoms with van der Waals surface area (Å²) in [6.45, 7) is 4.68. The molecular weight excluding hydrogens is 424 g/mol. The predicted molar refractivity (Wildman–Crippen MR) is 130 cm³/mol. The van der Waals surface area contributed by atoms with E-state index in [0.717, 1.165) is 28.5 Å². The van der Waals surface area contributed by atoms with E-state index in [0.29, 0.717) is 16.3 Å². The average molecular weight is 447 g/mol. The molecule has 0 saturated heterocycles. The van der Waals surface area contributed by atoms with Gasteiger partial charge in [0.05, 0.1) is 6.42 Å². The second kappa shape index (κ2) is 9.24. The number of halogens is 1. The molecule has 1 aromatic heterocycles. The lowest BCUT2D eigenvalue weighted by molar-refractivity contribution is -0.115. The summed E-state index contributed by atoms with van der Waals surface area (Å²) >= 11 is 5.83. The highest BCUT2D eigenvalue weighted by Crippen LogP contribution is 2.31. The van der Waals surface area contributed by atoms with E-state index in [1.54, 1.807) is 31.2 Å². The highest BCUT2D eigenvalue weighted by molar-refractivity contribution is 6.30. The fourth-order valence-electron chi connectivity index (χ4n) is 3.76. The second-order valence-electron chi connectivity index (χ2n) is 7.51. The van der Waals surface area contributed by atoms with Gasteiger partial charge in [0.1, 0.15) is 0 Å². The van der Waals surface area contributed by atoms with E-state index in [9.17, 15) is 9.59 Å². The van der Waals surface area contributed by atoms with Crippen molar-refractivity contribution < 1.29 is 9.59 Å². The van der Waals surface area contributed by atoms with Crippen LogP contribution in [0.4, 0.5) is 5.69 Å². The molecule has 0 spiro atoms. The summed E-state index contributed by atoms with van der Waals surface area (Å²) in [5, 5.41) is 9.76. The lowest BCUT2D eigenvalue weighted by atomic mass is 10.1. The van der Waals surface area contributed by atoms with Gasteiger partial charge in [-0.05, 0) is 62.4 Å². The Balaban J connectivity index is 1.44. The molecule has 6 nitrogen and oxygen atoms in total. The first-order valence-corrected chi connectivity index (χ1v) is 10.7. The van der Waals surface area contributed by atoms with Crippen molar-refractivity contribution in [3.05, 3.63) is 77.3 Å². The number of nitrogens with zero attached hydrogens (tertiary/aromatic N) is 2. The molecule has 7 heteroatoms. The van der Waals surface area contributed by atoms with Crippen LogP contribution in [0.3, 0.4) is 0 Å². The fourth-order valence-corrected chi connectivity index (χ4v) is 3.89. The average Bonchev–Trinajstić information content (AvgIpc) is 3.11. The summed E-state index contributed by atoms with van der Waals surface area (Å²) in [5.41, 5.74) is 6.43. The lowest BCUT2D eigenvalue weighted by Gasteiger charge is -2.07. The van der Waals surface area contributed by atoms with E-state index in [-0.39, 0.29) is 18.2 Å². The third kappa shape index (κ3) is 4.50. The number of anilines is 1. The monoisotopic (exact) mass is 446 g/mol. The molecule has 32 heavy (non-hydrogen) atoms. The van der Waals surface area contributed by atoms with Crippen LogP contribution in [0.25, 0.3) is 21.8 Å². The normalized spacial score (nSPS) is 11.7. The molecule has 4 rings (SSSR count). The Bertz CT molecular complexity index is 1340. The number of nitrogens with one attached hydrogen (secondary N) is 2. The number of fused-ring (bicyclic) bond motifs is 3. The zero-order valence-corrected chi connectivity index (χ0v) is 18.6. The van der Waals surface area contributed by atoms with E-state index in [1.165, 1.54) is 5.52 Å². The van der Waals surface area contributed by atoms with Gasteiger partial charge in [-0.25, -0.2) is 5.43 Å². The Morgan fingerprint density at radius 3 is 2.44 bits per heavy atom. The molecule has 0 aliphatic heterocycles. The van der Waals surface area contributed by atoms with Gasteiger partial charge in [-0.15, -0.1) is 0 Å². The molecule has 0 aliphatic carbocycles. The minimum absolute atomic E-state index is 0.0651. The topological polar surface area (TPSA) is 75.5 Å². The fraction of sp³-hybridized carbons (Fsp3) is 0.160. The Kier molecular flexibility index (Phi) is 6.23. The van der Waals surface area contributed by atoms with Crippen LogP contribution >= 0.6 is 11.6 Å². The minimum atomic E-state index is -0.362. The van der Waals surface area contributed by atoms with Gasteiger partial charge in [-0.3, -0.25) is 9.59 Å². The summed E-state index contributed by atoms with van der Waals surface area (Å²) in [6.07, 6.45) is 0.0651. The molecule has 0 atom stereocenters. The van der Waals surface area contributed by atoms with Crippen molar-refractivity contribution in [1.29, 1.82) is 0 Å². The number of carbonyl (C=O) groups excluding carboxylic acids is 2. The summed E-state index contributed by atoms with van der Waals surface area (Å²) < 4.78 is 2.26. The molecule has 3 aromatic carbocycles. The Morgan fingerprint density at radius 2 is 1.69 bits per heavy atom. The SMILES string of the molecule is CCn1c2ccccc2c2cc(NC(=O)CC(C)=NNC(=O)c3ccc(Cl)cc3)ccc21. The van der Waals surface area contributed by atoms with E-state index in [1.807, 2.05) is 30.3 Å². The number of para-hydroxylation sites is 1. The van der Waals surface area contributed by atoms with Gasteiger partial charge < -0.3 is 9.88 Å². The summed E-state index contributed by atoms with van der Waals surface area (Å²) in [7, 11) is 0. The van der Waals surface area contributed by atoms with Gasteiger partial charge in [0.25, 0.3) is 5.91 Å². The maximum atomic E-state index is 12.5. The number of hydrogen-bond acceptors (Lipinski definition) is 3. The quantitative estimate of drug-likeness (QED) is 0.298. The molecule has 0 aliphatic rings. The molecule has 0 bridgehead atoms. The van der Waals surface area contributed by atoms with Crippen molar-refractivity contribution in [2.24, 2.45) is 5.10 Å². The number of hydrazone groups is 1. The standard InChI is InChI=1S/C25H23ClN4O2/c1-3-30-22-7-5-4-6-20(22)21-15-19(12-13-23(21)30)27-24(31)14-16(2)28-29-25(32)17-8-10-18(26)11-9-17/h4-13,15H,3,14H2,1-2H3,(H,27,31)(H,29,32). The number of benzene rings is 3. The zero-order valence-electron chi connectivity index (χ0n) is 17.9. The van der Waals surface area contributed by atoms with E-state index in [4.69, 9.17) is 11.6 Å². The van der Waals surface area contributed by atoms with Crippen molar-refractivity contribution in [3.63, 3.8) is 0 Å². The number of amides is 2. The van der Waals surface area contributed by atoms with E-state index in [2.05, 4.69) is 39.5 Å². The van der Waals surface area contributed by atoms with E-state index < -0.39 is 0 Å². The largest absolute Gasteiger partial charge is 0.341 e. The van der Waals surface area contributed by atoms with Crippen LogP contribution in [0.15, 0.2) is 71.8 Å². The van der Waals surface area contributed by atoms with Crippen molar-refractivity contribution in [3.8, 4) is 0 Å². The summed E-state index contributed by atoms with van der Waals surface area (Å²) in [4.78, 5) is 24.6. The molecule has 0 saturated carbocycles. The van der Waals surface area contributed by atoms with Crippen LogP contribution in [0.2, 0.25) is 5.02 Å². The van der Waals surface area contributed by atoms with Crippen LogP contribution in [0, 0.1) is 0 Å². The van der Waals surface area contributed by atoms with Crippen molar-refractivity contribution in [1.82, 2.24) is 9.99 Å². The molecule has 1 heterocycles. The predicted octanol–water partition coefficient (Wildman–Crippen LogP) is 5.60. The maximum absolute atomic E-state index is 12.5. The van der Waals surface area contributed by atoms with Crippen LogP contribution < -0.4 is 10.7 Å². The van der Waals surface area contributed by atoms with Gasteiger partial charge in [-0.2, -0.15) is 5.10 Å². The molecular formula is C25H23ClN4O2. The van der Waals surface area contributed by atoms with Gasteiger partial charge in [0.2, 0.25) is 5.91 Å². The molecule has 2 N–H and O–H groups in total. The molecule has 0 radical (unpaired) electrons. The number of aryl methyl sites for hydroxylation is 1.